The summed E-state index contributed by atoms with van der Waals surface area (Å²) in [6.07, 6.45) is 3.49. The Bertz CT molecular complexity index is 526. The Labute approximate surface area is 132 Å². The van der Waals surface area contributed by atoms with Gasteiger partial charge in [0.05, 0.1) is 11.6 Å². The number of carbonyl (C=O) groups is 1. The van der Waals surface area contributed by atoms with E-state index in [-0.39, 0.29) is 17.6 Å². The third kappa shape index (κ3) is 4.65. The van der Waals surface area contributed by atoms with Crippen LogP contribution in [0.5, 0.6) is 5.75 Å². The van der Waals surface area contributed by atoms with E-state index in [0.29, 0.717) is 6.04 Å². The van der Waals surface area contributed by atoms with E-state index in [1.54, 1.807) is 6.07 Å². The number of ether oxygens (including phenoxy) is 1. The second-order valence-electron chi connectivity index (χ2n) is 7.25. The van der Waals surface area contributed by atoms with Crippen molar-refractivity contribution in [1.29, 1.82) is 0 Å². The van der Waals surface area contributed by atoms with Crippen molar-refractivity contribution in [2.45, 2.75) is 65.0 Å². The average molecular weight is 305 g/mol. The first-order chi connectivity index (χ1) is 10.2. The number of nitrogens with one attached hydrogen (secondary N) is 1. The fourth-order valence-corrected chi connectivity index (χ4v) is 2.84. The van der Waals surface area contributed by atoms with Crippen LogP contribution in [-0.4, -0.2) is 22.7 Å². The third-order valence-electron chi connectivity index (χ3n) is 3.98. The maximum Gasteiger partial charge on any atom is 0.309 e. The number of phenolic OH excluding ortho intramolecular Hbond substituents is 1. The number of aryl methyl sites for hydroxylation is 1. The lowest BCUT2D eigenvalue weighted by atomic mass is 9.86. The number of anilines is 1. The van der Waals surface area contributed by atoms with Gasteiger partial charge >= 0.3 is 5.97 Å². The van der Waals surface area contributed by atoms with Crippen LogP contribution in [0.4, 0.5) is 5.69 Å². The fourth-order valence-electron chi connectivity index (χ4n) is 2.84. The molecule has 0 aromatic heterocycles. The van der Waals surface area contributed by atoms with Crippen LogP contribution in [0.25, 0.3) is 0 Å². The van der Waals surface area contributed by atoms with Gasteiger partial charge in [-0.15, -0.1) is 0 Å². The van der Waals surface area contributed by atoms with E-state index >= 15 is 0 Å². The maximum atomic E-state index is 12.1. The van der Waals surface area contributed by atoms with Gasteiger partial charge in [-0.05, 0) is 71.1 Å². The Kier molecular flexibility index (Phi) is 4.99. The van der Waals surface area contributed by atoms with Crippen LogP contribution in [0.3, 0.4) is 0 Å². The molecule has 0 unspecified atom stereocenters. The number of hydrogen-bond donors (Lipinski definition) is 2. The minimum absolute atomic E-state index is 0.00360. The molecule has 1 aliphatic rings. The Morgan fingerprint density at radius 1 is 1.23 bits per heavy atom. The highest BCUT2D eigenvalue weighted by Crippen LogP contribution is 2.31. The zero-order chi connectivity index (χ0) is 16.3. The van der Waals surface area contributed by atoms with Gasteiger partial charge in [0, 0.05) is 6.04 Å². The SMILES string of the molecule is Cc1ccc(NC2CCC(C(=O)OC(C)(C)C)CC2)c(O)c1. The van der Waals surface area contributed by atoms with Crippen LogP contribution in [0.2, 0.25) is 0 Å². The lowest BCUT2D eigenvalue weighted by Gasteiger charge is -2.30. The van der Waals surface area contributed by atoms with Crippen LogP contribution in [0, 0.1) is 12.8 Å². The molecule has 0 aliphatic heterocycles. The summed E-state index contributed by atoms with van der Waals surface area (Å²) in [4.78, 5) is 12.1. The van der Waals surface area contributed by atoms with Gasteiger partial charge < -0.3 is 15.2 Å². The highest BCUT2D eigenvalue weighted by molar-refractivity contribution is 5.73. The number of benzene rings is 1. The summed E-state index contributed by atoms with van der Waals surface area (Å²) in [5.74, 6) is 0.210. The smallest absolute Gasteiger partial charge is 0.309 e. The van der Waals surface area contributed by atoms with Gasteiger partial charge in [0.2, 0.25) is 0 Å². The predicted octanol–water partition coefficient (Wildman–Crippen LogP) is 4.01. The molecule has 0 saturated heterocycles. The largest absolute Gasteiger partial charge is 0.506 e. The molecule has 0 atom stereocenters. The van der Waals surface area contributed by atoms with Crippen molar-refractivity contribution < 1.29 is 14.6 Å². The number of esters is 1. The maximum absolute atomic E-state index is 12.1. The van der Waals surface area contributed by atoms with Crippen molar-refractivity contribution in [1.82, 2.24) is 0 Å². The first kappa shape index (κ1) is 16.7. The summed E-state index contributed by atoms with van der Waals surface area (Å²) in [7, 11) is 0. The molecule has 1 saturated carbocycles. The number of rotatable bonds is 3. The van der Waals surface area contributed by atoms with Gasteiger partial charge in [-0.2, -0.15) is 0 Å². The van der Waals surface area contributed by atoms with E-state index in [2.05, 4.69) is 5.32 Å². The van der Waals surface area contributed by atoms with Crippen molar-refractivity contribution in [3.05, 3.63) is 23.8 Å². The van der Waals surface area contributed by atoms with E-state index in [4.69, 9.17) is 4.74 Å². The third-order valence-corrected chi connectivity index (χ3v) is 3.98. The lowest BCUT2D eigenvalue weighted by Crippen LogP contribution is -2.33. The van der Waals surface area contributed by atoms with Gasteiger partial charge in [-0.3, -0.25) is 4.79 Å². The van der Waals surface area contributed by atoms with Gasteiger partial charge in [0.1, 0.15) is 11.4 Å². The van der Waals surface area contributed by atoms with E-state index in [1.807, 2.05) is 39.8 Å². The molecule has 2 rings (SSSR count). The van der Waals surface area contributed by atoms with Crippen LogP contribution in [-0.2, 0) is 9.53 Å². The van der Waals surface area contributed by atoms with Crippen molar-refractivity contribution >= 4 is 11.7 Å². The summed E-state index contributed by atoms with van der Waals surface area (Å²) in [6, 6.07) is 5.94. The Morgan fingerprint density at radius 2 is 1.86 bits per heavy atom. The Hall–Kier alpha value is -1.71. The Balaban J connectivity index is 1.86. The molecular formula is C18H27NO3. The molecule has 2 N–H and O–H groups in total. The summed E-state index contributed by atoms with van der Waals surface area (Å²) < 4.78 is 5.46. The first-order valence-corrected chi connectivity index (χ1v) is 8.03. The molecule has 1 aromatic carbocycles. The van der Waals surface area contributed by atoms with Crippen molar-refractivity contribution in [3.63, 3.8) is 0 Å². The average Bonchev–Trinajstić information content (AvgIpc) is 2.41. The first-order valence-electron chi connectivity index (χ1n) is 8.03. The zero-order valence-corrected chi connectivity index (χ0v) is 14.0. The molecular weight excluding hydrogens is 278 g/mol. The highest BCUT2D eigenvalue weighted by Gasteiger charge is 2.30. The lowest BCUT2D eigenvalue weighted by molar-refractivity contribution is -0.161. The molecule has 0 heterocycles. The fraction of sp³-hybridized carbons (Fsp3) is 0.611. The molecule has 122 valence electrons. The second kappa shape index (κ2) is 6.59. The molecule has 0 radical (unpaired) electrons. The normalized spacial score (nSPS) is 22.2. The molecule has 4 nitrogen and oxygen atoms in total. The molecule has 1 aliphatic carbocycles. The quantitative estimate of drug-likeness (QED) is 0.654. The Morgan fingerprint density at radius 3 is 2.41 bits per heavy atom. The number of hydrogen-bond acceptors (Lipinski definition) is 4. The van der Waals surface area contributed by atoms with E-state index in [1.165, 1.54) is 0 Å². The molecule has 0 amide bonds. The minimum atomic E-state index is -0.417. The number of aromatic hydroxyl groups is 1. The predicted molar refractivity (Wildman–Crippen MR) is 88.1 cm³/mol. The molecule has 0 bridgehead atoms. The van der Waals surface area contributed by atoms with Gasteiger partial charge in [0.25, 0.3) is 0 Å². The molecule has 0 spiro atoms. The van der Waals surface area contributed by atoms with Gasteiger partial charge in [-0.25, -0.2) is 0 Å². The van der Waals surface area contributed by atoms with Gasteiger partial charge in [-0.1, -0.05) is 6.07 Å². The molecule has 1 fully saturated rings. The summed E-state index contributed by atoms with van der Waals surface area (Å²) in [5, 5.41) is 13.3. The van der Waals surface area contributed by atoms with Crippen LogP contribution in [0.15, 0.2) is 18.2 Å². The minimum Gasteiger partial charge on any atom is -0.506 e. The van der Waals surface area contributed by atoms with E-state index in [9.17, 15) is 9.90 Å². The van der Waals surface area contributed by atoms with E-state index < -0.39 is 5.60 Å². The monoisotopic (exact) mass is 305 g/mol. The number of phenols is 1. The number of carbonyl (C=O) groups excluding carboxylic acids is 1. The van der Waals surface area contributed by atoms with E-state index in [0.717, 1.165) is 36.9 Å². The highest BCUT2D eigenvalue weighted by atomic mass is 16.6. The molecule has 4 heteroatoms. The van der Waals surface area contributed by atoms with Gasteiger partial charge in [0.15, 0.2) is 0 Å². The summed E-state index contributed by atoms with van der Waals surface area (Å²) in [6.45, 7) is 7.66. The molecule has 22 heavy (non-hydrogen) atoms. The van der Waals surface area contributed by atoms with Crippen LogP contribution < -0.4 is 5.32 Å². The molecule has 1 aromatic rings. The topological polar surface area (TPSA) is 58.6 Å². The second-order valence-corrected chi connectivity index (χ2v) is 7.25. The standard InChI is InChI=1S/C18H27NO3/c1-12-5-10-15(16(20)11-12)19-14-8-6-13(7-9-14)17(21)22-18(2,3)4/h5,10-11,13-14,19-20H,6-9H2,1-4H3. The summed E-state index contributed by atoms with van der Waals surface area (Å²) in [5.41, 5.74) is 1.39. The van der Waals surface area contributed by atoms with Crippen LogP contribution in [0.1, 0.15) is 52.0 Å². The zero-order valence-electron chi connectivity index (χ0n) is 14.0. The van der Waals surface area contributed by atoms with Crippen molar-refractivity contribution in [3.8, 4) is 5.75 Å². The van der Waals surface area contributed by atoms with Crippen molar-refractivity contribution in [2.75, 3.05) is 5.32 Å². The summed E-state index contributed by atoms with van der Waals surface area (Å²) >= 11 is 0. The van der Waals surface area contributed by atoms with Crippen LogP contribution >= 0.6 is 0 Å². The van der Waals surface area contributed by atoms with Crippen molar-refractivity contribution in [2.24, 2.45) is 5.92 Å².